The second-order valence-corrected chi connectivity index (χ2v) is 7.42. The Morgan fingerprint density at radius 1 is 1.12 bits per heavy atom. The van der Waals surface area contributed by atoms with Gasteiger partial charge >= 0.3 is 0 Å². The smallest absolute Gasteiger partial charge is 0.265 e. The van der Waals surface area contributed by atoms with Crippen LogP contribution in [0.25, 0.3) is 0 Å². The van der Waals surface area contributed by atoms with Gasteiger partial charge in [0.1, 0.15) is 5.75 Å². The Labute approximate surface area is 149 Å². The summed E-state index contributed by atoms with van der Waals surface area (Å²) in [6.45, 7) is 10.1. The topological polar surface area (TPSA) is 38.3 Å². The molecule has 0 spiro atoms. The molecule has 3 nitrogen and oxygen atoms in total. The van der Waals surface area contributed by atoms with E-state index in [9.17, 15) is 4.79 Å². The van der Waals surface area contributed by atoms with E-state index in [1.807, 2.05) is 37.3 Å². The minimum atomic E-state index is -0.608. The van der Waals surface area contributed by atoms with Gasteiger partial charge in [0.05, 0.1) is 0 Å². The minimum absolute atomic E-state index is 0.0889. The summed E-state index contributed by atoms with van der Waals surface area (Å²) < 4.78 is 5.74. The van der Waals surface area contributed by atoms with Gasteiger partial charge in [-0.2, -0.15) is 0 Å². The first-order chi connectivity index (χ1) is 11.2. The zero-order chi connectivity index (χ0) is 17.9. The first-order valence-corrected chi connectivity index (χ1v) is 8.39. The number of halogens is 1. The Kier molecular flexibility index (Phi) is 5.55. The van der Waals surface area contributed by atoms with E-state index in [1.165, 1.54) is 5.56 Å². The molecule has 0 radical (unpaired) electrons. The lowest BCUT2D eigenvalue weighted by Gasteiger charge is -2.20. The zero-order valence-electron chi connectivity index (χ0n) is 14.8. The van der Waals surface area contributed by atoms with Crippen molar-refractivity contribution in [1.82, 2.24) is 0 Å². The van der Waals surface area contributed by atoms with E-state index in [4.69, 9.17) is 16.3 Å². The van der Waals surface area contributed by atoms with Gasteiger partial charge in [-0.15, -0.1) is 0 Å². The molecule has 0 aliphatic heterocycles. The van der Waals surface area contributed by atoms with Crippen LogP contribution in [0, 0.1) is 6.92 Å². The van der Waals surface area contributed by atoms with Gasteiger partial charge in [0.2, 0.25) is 0 Å². The van der Waals surface area contributed by atoms with Gasteiger partial charge in [0, 0.05) is 10.7 Å². The summed E-state index contributed by atoms with van der Waals surface area (Å²) in [7, 11) is 0. The molecule has 4 heteroatoms. The lowest BCUT2D eigenvalue weighted by atomic mass is 9.87. The largest absolute Gasteiger partial charge is 0.481 e. The van der Waals surface area contributed by atoms with E-state index in [0.29, 0.717) is 16.5 Å². The Hall–Kier alpha value is -2.00. The number of ether oxygens (including phenoxy) is 1. The third kappa shape index (κ3) is 4.75. The highest BCUT2D eigenvalue weighted by molar-refractivity contribution is 6.31. The molecule has 0 saturated carbocycles. The first-order valence-electron chi connectivity index (χ1n) is 8.01. The number of nitrogens with one attached hydrogen (secondary N) is 1. The van der Waals surface area contributed by atoms with Crippen LogP contribution in [0.2, 0.25) is 5.02 Å². The monoisotopic (exact) mass is 345 g/mol. The van der Waals surface area contributed by atoms with Crippen LogP contribution in [0.4, 0.5) is 5.69 Å². The summed E-state index contributed by atoms with van der Waals surface area (Å²) >= 11 is 5.98. The van der Waals surface area contributed by atoms with Crippen molar-refractivity contribution >= 4 is 23.2 Å². The Morgan fingerprint density at radius 3 is 2.33 bits per heavy atom. The molecule has 1 N–H and O–H groups in total. The molecule has 0 fully saturated rings. The van der Waals surface area contributed by atoms with E-state index in [1.54, 1.807) is 19.1 Å². The molecule has 0 saturated heterocycles. The number of anilines is 1. The molecule has 2 rings (SSSR count). The third-order valence-corrected chi connectivity index (χ3v) is 4.10. The number of hydrogen-bond donors (Lipinski definition) is 1. The van der Waals surface area contributed by atoms with Crippen molar-refractivity contribution in [3.63, 3.8) is 0 Å². The maximum atomic E-state index is 12.3. The predicted octanol–water partition coefficient (Wildman–Crippen LogP) is 5.35. The SMILES string of the molecule is Cc1ccc(Cl)cc1NC(=O)[C@@H](C)Oc1ccc(C(C)(C)C)cc1. The van der Waals surface area contributed by atoms with Crippen molar-refractivity contribution in [2.45, 2.75) is 46.1 Å². The number of carbonyl (C=O) groups excluding carboxylic acids is 1. The maximum absolute atomic E-state index is 12.3. The fourth-order valence-corrected chi connectivity index (χ4v) is 2.43. The molecule has 2 aromatic carbocycles. The third-order valence-electron chi connectivity index (χ3n) is 3.86. The Balaban J connectivity index is 2.02. The van der Waals surface area contributed by atoms with Crippen LogP contribution in [0.3, 0.4) is 0 Å². The molecule has 0 aliphatic carbocycles. The van der Waals surface area contributed by atoms with Crippen molar-refractivity contribution in [2.24, 2.45) is 0 Å². The average Bonchev–Trinajstić information content (AvgIpc) is 2.50. The van der Waals surface area contributed by atoms with E-state index in [2.05, 4.69) is 26.1 Å². The van der Waals surface area contributed by atoms with E-state index in [-0.39, 0.29) is 11.3 Å². The number of amides is 1. The van der Waals surface area contributed by atoms with Gasteiger partial charge in [0.15, 0.2) is 6.10 Å². The molecule has 2 aromatic rings. The van der Waals surface area contributed by atoms with Crippen LogP contribution in [-0.2, 0) is 10.2 Å². The molecular formula is C20H24ClNO2. The average molecular weight is 346 g/mol. The van der Waals surface area contributed by atoms with Crippen molar-refractivity contribution in [2.75, 3.05) is 5.32 Å². The fraction of sp³-hybridized carbons (Fsp3) is 0.350. The highest BCUT2D eigenvalue weighted by Crippen LogP contribution is 2.25. The van der Waals surface area contributed by atoms with Gasteiger partial charge in [0.25, 0.3) is 5.91 Å². The molecule has 0 aliphatic rings. The summed E-state index contributed by atoms with van der Waals surface area (Å²) in [5, 5.41) is 3.44. The fourth-order valence-electron chi connectivity index (χ4n) is 2.25. The summed E-state index contributed by atoms with van der Waals surface area (Å²) in [4.78, 5) is 12.3. The van der Waals surface area contributed by atoms with Crippen LogP contribution in [0.15, 0.2) is 42.5 Å². The highest BCUT2D eigenvalue weighted by Gasteiger charge is 2.17. The van der Waals surface area contributed by atoms with Crippen molar-refractivity contribution in [1.29, 1.82) is 0 Å². The van der Waals surface area contributed by atoms with Gasteiger partial charge in [-0.25, -0.2) is 0 Å². The summed E-state index contributed by atoms with van der Waals surface area (Å²) in [6, 6.07) is 13.3. The van der Waals surface area contributed by atoms with E-state index >= 15 is 0 Å². The summed E-state index contributed by atoms with van der Waals surface area (Å²) in [6.07, 6.45) is -0.608. The van der Waals surface area contributed by atoms with Gasteiger partial charge in [-0.05, 0) is 54.7 Å². The normalized spacial score (nSPS) is 12.6. The molecule has 24 heavy (non-hydrogen) atoms. The van der Waals surface area contributed by atoms with Crippen LogP contribution in [0.1, 0.15) is 38.8 Å². The van der Waals surface area contributed by atoms with Crippen LogP contribution in [-0.4, -0.2) is 12.0 Å². The van der Waals surface area contributed by atoms with E-state index in [0.717, 1.165) is 5.56 Å². The number of carbonyl (C=O) groups is 1. The molecular weight excluding hydrogens is 322 g/mol. The standard InChI is InChI=1S/C20H24ClNO2/c1-13-6-9-16(21)12-18(13)22-19(23)14(2)24-17-10-7-15(8-11-17)20(3,4)5/h6-12,14H,1-5H3,(H,22,23)/t14-/m1/s1. The van der Waals surface area contributed by atoms with Crippen molar-refractivity contribution in [3.8, 4) is 5.75 Å². The number of hydrogen-bond acceptors (Lipinski definition) is 2. The van der Waals surface area contributed by atoms with Gasteiger partial charge < -0.3 is 10.1 Å². The molecule has 0 heterocycles. The highest BCUT2D eigenvalue weighted by atomic mass is 35.5. The Bertz CT molecular complexity index is 717. The first kappa shape index (κ1) is 18.3. The molecule has 0 bridgehead atoms. The van der Waals surface area contributed by atoms with Crippen LogP contribution >= 0.6 is 11.6 Å². The minimum Gasteiger partial charge on any atom is -0.481 e. The van der Waals surface area contributed by atoms with E-state index < -0.39 is 6.10 Å². The van der Waals surface area contributed by atoms with Gasteiger partial charge in [-0.3, -0.25) is 4.79 Å². The second-order valence-electron chi connectivity index (χ2n) is 6.98. The lowest BCUT2D eigenvalue weighted by molar-refractivity contribution is -0.122. The number of aryl methyl sites for hydroxylation is 1. The van der Waals surface area contributed by atoms with Crippen LogP contribution in [0.5, 0.6) is 5.75 Å². The van der Waals surface area contributed by atoms with Crippen LogP contribution < -0.4 is 10.1 Å². The van der Waals surface area contributed by atoms with Crippen molar-refractivity contribution in [3.05, 3.63) is 58.6 Å². The molecule has 128 valence electrons. The van der Waals surface area contributed by atoms with Gasteiger partial charge in [-0.1, -0.05) is 50.6 Å². The number of rotatable bonds is 4. The maximum Gasteiger partial charge on any atom is 0.265 e. The lowest BCUT2D eigenvalue weighted by Crippen LogP contribution is -2.30. The molecule has 0 unspecified atom stereocenters. The number of benzene rings is 2. The predicted molar refractivity (Wildman–Crippen MR) is 100 cm³/mol. The molecule has 0 aromatic heterocycles. The van der Waals surface area contributed by atoms with Crippen molar-refractivity contribution < 1.29 is 9.53 Å². The molecule has 1 atom stereocenters. The second kappa shape index (κ2) is 7.27. The molecule has 1 amide bonds. The Morgan fingerprint density at radius 2 is 1.75 bits per heavy atom. The quantitative estimate of drug-likeness (QED) is 0.810. The summed E-state index contributed by atoms with van der Waals surface area (Å²) in [5.74, 6) is 0.466. The zero-order valence-corrected chi connectivity index (χ0v) is 15.6. The summed E-state index contributed by atoms with van der Waals surface area (Å²) in [5.41, 5.74) is 2.97.